The summed E-state index contributed by atoms with van der Waals surface area (Å²) < 4.78 is 1.28. The van der Waals surface area contributed by atoms with Crippen LogP contribution in [0.5, 0.6) is 0 Å². The molecule has 1 amide bonds. The SMILES string of the molecule is CC(=O)N1CCC(NCc2cccc(I)c2)CC1. The maximum absolute atomic E-state index is 11.2. The van der Waals surface area contributed by atoms with Crippen LogP contribution in [0.3, 0.4) is 0 Å². The maximum Gasteiger partial charge on any atom is 0.219 e. The molecule has 0 atom stereocenters. The van der Waals surface area contributed by atoms with E-state index in [0.717, 1.165) is 32.5 Å². The first-order chi connectivity index (χ1) is 8.65. The third kappa shape index (κ3) is 3.95. The lowest BCUT2D eigenvalue weighted by molar-refractivity contribution is -0.129. The molecule has 0 bridgehead atoms. The van der Waals surface area contributed by atoms with Gasteiger partial charge >= 0.3 is 0 Å². The fourth-order valence-electron chi connectivity index (χ4n) is 2.31. The molecule has 3 nitrogen and oxygen atoms in total. The number of amides is 1. The quantitative estimate of drug-likeness (QED) is 0.842. The van der Waals surface area contributed by atoms with Crippen LogP contribution >= 0.6 is 22.6 Å². The minimum atomic E-state index is 0.200. The highest BCUT2D eigenvalue weighted by Crippen LogP contribution is 2.12. The first-order valence-electron chi connectivity index (χ1n) is 6.38. The lowest BCUT2D eigenvalue weighted by Gasteiger charge is -2.31. The van der Waals surface area contributed by atoms with E-state index in [1.165, 1.54) is 9.13 Å². The lowest BCUT2D eigenvalue weighted by Crippen LogP contribution is -2.43. The summed E-state index contributed by atoms with van der Waals surface area (Å²) in [6.45, 7) is 4.35. The van der Waals surface area contributed by atoms with Gasteiger partial charge in [-0.1, -0.05) is 12.1 Å². The predicted molar refractivity (Wildman–Crippen MR) is 81.3 cm³/mol. The largest absolute Gasteiger partial charge is 0.343 e. The molecule has 98 valence electrons. The summed E-state index contributed by atoms with van der Waals surface area (Å²) >= 11 is 2.34. The van der Waals surface area contributed by atoms with Gasteiger partial charge in [0.15, 0.2) is 0 Å². The highest BCUT2D eigenvalue weighted by molar-refractivity contribution is 14.1. The Bertz CT molecular complexity index is 414. The second kappa shape index (κ2) is 6.52. The van der Waals surface area contributed by atoms with Crippen molar-refractivity contribution in [2.24, 2.45) is 0 Å². The Morgan fingerprint density at radius 2 is 2.17 bits per heavy atom. The summed E-state index contributed by atoms with van der Waals surface area (Å²) in [5.41, 5.74) is 1.33. The maximum atomic E-state index is 11.2. The molecule has 0 aromatic heterocycles. The van der Waals surface area contributed by atoms with E-state index in [4.69, 9.17) is 0 Å². The van der Waals surface area contributed by atoms with Crippen LogP contribution in [-0.4, -0.2) is 29.9 Å². The van der Waals surface area contributed by atoms with Gasteiger partial charge in [-0.05, 0) is 53.1 Å². The zero-order valence-electron chi connectivity index (χ0n) is 10.7. The number of carbonyl (C=O) groups excluding carboxylic acids is 1. The Morgan fingerprint density at radius 3 is 2.78 bits per heavy atom. The van der Waals surface area contributed by atoms with Crippen LogP contribution in [0.2, 0.25) is 0 Å². The molecular formula is C14H19IN2O. The van der Waals surface area contributed by atoms with Gasteiger partial charge in [-0.2, -0.15) is 0 Å². The summed E-state index contributed by atoms with van der Waals surface area (Å²) in [5.74, 6) is 0.200. The van der Waals surface area contributed by atoms with Crippen molar-refractivity contribution in [3.05, 3.63) is 33.4 Å². The molecule has 1 N–H and O–H groups in total. The standard InChI is InChI=1S/C14H19IN2O/c1-11(18)17-7-5-14(6-8-17)16-10-12-3-2-4-13(15)9-12/h2-4,9,14,16H,5-8,10H2,1H3. The average Bonchev–Trinajstić information content (AvgIpc) is 2.37. The van der Waals surface area contributed by atoms with Crippen LogP contribution in [-0.2, 0) is 11.3 Å². The summed E-state index contributed by atoms with van der Waals surface area (Å²) in [6.07, 6.45) is 2.12. The van der Waals surface area contributed by atoms with Crippen LogP contribution in [0.15, 0.2) is 24.3 Å². The molecule has 1 fully saturated rings. The van der Waals surface area contributed by atoms with Gasteiger partial charge in [-0.15, -0.1) is 0 Å². The monoisotopic (exact) mass is 358 g/mol. The molecule has 0 unspecified atom stereocenters. The van der Waals surface area contributed by atoms with E-state index in [9.17, 15) is 4.79 Å². The van der Waals surface area contributed by atoms with Gasteiger partial charge in [0.1, 0.15) is 0 Å². The smallest absolute Gasteiger partial charge is 0.219 e. The minimum absolute atomic E-state index is 0.200. The van der Waals surface area contributed by atoms with Gasteiger partial charge in [0.25, 0.3) is 0 Å². The Hall–Kier alpha value is -0.620. The third-order valence-corrected chi connectivity index (χ3v) is 4.10. The number of carbonyl (C=O) groups is 1. The number of rotatable bonds is 3. The van der Waals surface area contributed by atoms with E-state index in [1.54, 1.807) is 6.92 Å². The molecule has 1 aromatic rings. The lowest BCUT2D eigenvalue weighted by atomic mass is 10.0. The first-order valence-corrected chi connectivity index (χ1v) is 7.46. The highest BCUT2D eigenvalue weighted by atomic mass is 127. The summed E-state index contributed by atoms with van der Waals surface area (Å²) in [7, 11) is 0. The van der Waals surface area contributed by atoms with Gasteiger partial charge in [0, 0.05) is 36.2 Å². The van der Waals surface area contributed by atoms with Crippen LogP contribution in [0.4, 0.5) is 0 Å². The van der Waals surface area contributed by atoms with E-state index < -0.39 is 0 Å². The molecule has 1 saturated heterocycles. The second-order valence-corrected chi connectivity index (χ2v) is 6.04. The molecule has 0 aliphatic carbocycles. The van der Waals surface area contributed by atoms with Crippen molar-refractivity contribution in [1.29, 1.82) is 0 Å². The Kier molecular flexibility index (Phi) is 5.00. The fourth-order valence-corrected chi connectivity index (χ4v) is 2.92. The molecule has 1 aliphatic rings. The normalized spacial score (nSPS) is 16.9. The van der Waals surface area contributed by atoms with E-state index in [1.807, 2.05) is 4.90 Å². The second-order valence-electron chi connectivity index (χ2n) is 4.79. The van der Waals surface area contributed by atoms with Crippen molar-refractivity contribution < 1.29 is 4.79 Å². The van der Waals surface area contributed by atoms with Gasteiger partial charge in [-0.3, -0.25) is 4.79 Å². The molecule has 0 saturated carbocycles. The molecule has 1 aromatic carbocycles. The number of benzene rings is 1. The van der Waals surface area contributed by atoms with E-state index in [-0.39, 0.29) is 5.91 Å². The van der Waals surface area contributed by atoms with Crippen molar-refractivity contribution in [1.82, 2.24) is 10.2 Å². The van der Waals surface area contributed by atoms with Crippen LogP contribution in [0.25, 0.3) is 0 Å². The van der Waals surface area contributed by atoms with Crippen molar-refractivity contribution in [3.63, 3.8) is 0 Å². The van der Waals surface area contributed by atoms with E-state index >= 15 is 0 Å². The predicted octanol–water partition coefficient (Wildman–Crippen LogP) is 2.39. The number of hydrogen-bond donors (Lipinski definition) is 1. The summed E-state index contributed by atoms with van der Waals surface area (Å²) in [5, 5.41) is 3.58. The van der Waals surface area contributed by atoms with Crippen molar-refractivity contribution in [3.8, 4) is 0 Å². The molecule has 1 aliphatic heterocycles. The number of piperidine rings is 1. The Morgan fingerprint density at radius 1 is 1.44 bits per heavy atom. The number of nitrogens with one attached hydrogen (secondary N) is 1. The average molecular weight is 358 g/mol. The third-order valence-electron chi connectivity index (χ3n) is 3.42. The van der Waals surface area contributed by atoms with Gasteiger partial charge in [0.05, 0.1) is 0 Å². The Balaban J connectivity index is 1.77. The molecular weight excluding hydrogens is 339 g/mol. The summed E-state index contributed by atoms with van der Waals surface area (Å²) in [6, 6.07) is 9.10. The first kappa shape index (κ1) is 13.8. The van der Waals surface area contributed by atoms with Gasteiger partial charge in [0.2, 0.25) is 5.91 Å². The topological polar surface area (TPSA) is 32.3 Å². The van der Waals surface area contributed by atoms with Crippen molar-refractivity contribution in [2.45, 2.75) is 32.4 Å². The molecule has 1 heterocycles. The van der Waals surface area contributed by atoms with Crippen molar-refractivity contribution >= 4 is 28.5 Å². The molecule has 2 rings (SSSR count). The molecule has 0 spiro atoms. The zero-order valence-corrected chi connectivity index (χ0v) is 12.8. The molecule has 18 heavy (non-hydrogen) atoms. The number of hydrogen-bond acceptors (Lipinski definition) is 2. The highest BCUT2D eigenvalue weighted by Gasteiger charge is 2.19. The van der Waals surface area contributed by atoms with Crippen LogP contribution < -0.4 is 5.32 Å². The van der Waals surface area contributed by atoms with Crippen molar-refractivity contribution in [2.75, 3.05) is 13.1 Å². The fraction of sp³-hybridized carbons (Fsp3) is 0.500. The van der Waals surface area contributed by atoms with Gasteiger partial charge < -0.3 is 10.2 Å². The molecule has 0 radical (unpaired) electrons. The minimum Gasteiger partial charge on any atom is -0.343 e. The number of likely N-dealkylation sites (tertiary alicyclic amines) is 1. The summed E-state index contributed by atoms with van der Waals surface area (Å²) in [4.78, 5) is 13.2. The van der Waals surface area contributed by atoms with Crippen LogP contribution in [0, 0.1) is 3.57 Å². The Labute approximate surface area is 122 Å². The van der Waals surface area contributed by atoms with Crippen LogP contribution in [0.1, 0.15) is 25.3 Å². The van der Waals surface area contributed by atoms with Gasteiger partial charge in [-0.25, -0.2) is 0 Å². The zero-order chi connectivity index (χ0) is 13.0. The van der Waals surface area contributed by atoms with E-state index in [2.05, 4.69) is 52.2 Å². The van der Waals surface area contributed by atoms with E-state index in [0.29, 0.717) is 6.04 Å². The number of halogens is 1. The molecule has 4 heteroatoms. The number of nitrogens with zero attached hydrogens (tertiary/aromatic N) is 1.